The first-order valence-corrected chi connectivity index (χ1v) is 13.5. The molecule has 4 aromatic carbocycles. The lowest BCUT2D eigenvalue weighted by molar-refractivity contribution is -0.147. The molecule has 1 aliphatic heterocycles. The van der Waals surface area contributed by atoms with Crippen LogP contribution in [0.2, 0.25) is 0 Å². The van der Waals surface area contributed by atoms with E-state index >= 15 is 0 Å². The first-order chi connectivity index (χ1) is 19.8. The number of carbonyl (C=O) groups is 3. The van der Waals surface area contributed by atoms with Gasteiger partial charge in [-0.3, -0.25) is 9.59 Å². The van der Waals surface area contributed by atoms with Crippen LogP contribution in [0, 0.1) is 5.92 Å². The molecule has 0 saturated heterocycles. The summed E-state index contributed by atoms with van der Waals surface area (Å²) < 4.78 is 10.6. The minimum atomic E-state index is -0.662. The molecule has 5 rings (SSSR count). The Morgan fingerprint density at radius 3 is 2.15 bits per heavy atom. The predicted molar refractivity (Wildman–Crippen MR) is 159 cm³/mol. The van der Waals surface area contributed by atoms with Crippen LogP contribution in [0.25, 0.3) is 22.3 Å². The Kier molecular flexibility index (Phi) is 7.88. The molecule has 0 aliphatic carbocycles. The van der Waals surface area contributed by atoms with Gasteiger partial charge >= 0.3 is 5.97 Å². The van der Waals surface area contributed by atoms with Crippen LogP contribution in [0.1, 0.15) is 40.1 Å². The second kappa shape index (κ2) is 11.7. The third-order valence-electron chi connectivity index (χ3n) is 7.38. The fourth-order valence-electron chi connectivity index (χ4n) is 5.25. The molecule has 7 heteroatoms. The number of rotatable bonds is 8. The minimum absolute atomic E-state index is 0.0965. The van der Waals surface area contributed by atoms with Crippen LogP contribution in [-0.4, -0.2) is 42.9 Å². The van der Waals surface area contributed by atoms with Crippen LogP contribution < -0.4 is 10.1 Å². The number of ether oxygens (including phenoxy) is 2. The molecule has 4 aromatic rings. The maximum Gasteiger partial charge on any atom is 0.328 e. The zero-order chi connectivity index (χ0) is 29.1. The highest BCUT2D eigenvalue weighted by atomic mass is 16.5. The molecule has 208 valence electrons. The van der Waals surface area contributed by atoms with Gasteiger partial charge in [0, 0.05) is 28.9 Å². The van der Waals surface area contributed by atoms with Gasteiger partial charge in [-0.1, -0.05) is 68.4 Å². The third kappa shape index (κ3) is 5.57. The standard InChI is InChI=1S/C34H32N2O5/c1-21(2)31(34(39)41-4)36-20-26-11-10-24(18-29(26)33(36)38)28-17-14-25(19-30(28)40-3)32(37)35-27-15-12-23(13-16-27)22-8-6-5-7-9-22/h5-19,21,31H,20H2,1-4H3,(H,35,37)/t31-/m0/s1. The molecule has 0 unspecified atom stereocenters. The summed E-state index contributed by atoms with van der Waals surface area (Å²) in [6.07, 6.45) is 0. The van der Waals surface area contributed by atoms with Gasteiger partial charge in [-0.2, -0.15) is 0 Å². The van der Waals surface area contributed by atoms with Gasteiger partial charge in [0.2, 0.25) is 0 Å². The first-order valence-electron chi connectivity index (χ1n) is 13.5. The molecule has 0 bridgehead atoms. The van der Waals surface area contributed by atoms with Crippen LogP contribution in [0.15, 0.2) is 91.0 Å². The number of amides is 2. The zero-order valence-corrected chi connectivity index (χ0v) is 23.5. The average Bonchev–Trinajstić information content (AvgIpc) is 3.32. The van der Waals surface area contributed by atoms with Crippen molar-refractivity contribution in [1.82, 2.24) is 4.90 Å². The molecule has 1 N–H and O–H groups in total. The summed E-state index contributed by atoms with van der Waals surface area (Å²) in [5, 5.41) is 2.94. The molecule has 41 heavy (non-hydrogen) atoms. The number of nitrogens with one attached hydrogen (secondary N) is 1. The number of carbonyl (C=O) groups excluding carboxylic acids is 3. The summed E-state index contributed by atoms with van der Waals surface area (Å²) in [4.78, 5) is 40.4. The normalized spacial score (nSPS) is 13.1. The fourth-order valence-corrected chi connectivity index (χ4v) is 5.25. The molecular weight excluding hydrogens is 516 g/mol. The molecule has 0 saturated carbocycles. The maximum absolute atomic E-state index is 13.4. The Morgan fingerprint density at radius 2 is 1.49 bits per heavy atom. The van der Waals surface area contributed by atoms with Crippen molar-refractivity contribution in [3.63, 3.8) is 0 Å². The molecule has 0 aromatic heterocycles. The summed E-state index contributed by atoms with van der Waals surface area (Å²) in [7, 11) is 2.88. The molecule has 2 amide bonds. The van der Waals surface area contributed by atoms with Crippen molar-refractivity contribution in [3.05, 3.63) is 108 Å². The molecule has 0 spiro atoms. The number of hydrogen-bond acceptors (Lipinski definition) is 5. The lowest BCUT2D eigenvalue weighted by atomic mass is 9.98. The van der Waals surface area contributed by atoms with Gasteiger partial charge in [0.15, 0.2) is 0 Å². The second-order valence-electron chi connectivity index (χ2n) is 10.3. The van der Waals surface area contributed by atoms with Gasteiger partial charge in [0.25, 0.3) is 11.8 Å². The van der Waals surface area contributed by atoms with Crippen LogP contribution in [0.4, 0.5) is 5.69 Å². The summed E-state index contributed by atoms with van der Waals surface area (Å²) in [5.74, 6) is -0.484. The Bertz CT molecular complexity index is 1600. The van der Waals surface area contributed by atoms with E-state index in [1.54, 1.807) is 24.1 Å². The van der Waals surface area contributed by atoms with E-state index in [4.69, 9.17) is 9.47 Å². The van der Waals surface area contributed by atoms with Gasteiger partial charge in [-0.25, -0.2) is 4.79 Å². The summed E-state index contributed by atoms with van der Waals surface area (Å²) in [6.45, 7) is 4.13. The number of esters is 1. The number of methoxy groups -OCH3 is 2. The van der Waals surface area contributed by atoms with E-state index in [0.29, 0.717) is 29.1 Å². The largest absolute Gasteiger partial charge is 0.496 e. The van der Waals surface area contributed by atoms with Crippen molar-refractivity contribution in [2.24, 2.45) is 5.92 Å². The number of hydrogen-bond donors (Lipinski definition) is 1. The van der Waals surface area contributed by atoms with Crippen molar-refractivity contribution in [2.45, 2.75) is 26.4 Å². The molecule has 1 heterocycles. The van der Waals surface area contributed by atoms with Crippen LogP contribution in [0.3, 0.4) is 0 Å². The monoisotopic (exact) mass is 548 g/mol. The molecule has 7 nitrogen and oxygen atoms in total. The second-order valence-corrected chi connectivity index (χ2v) is 10.3. The van der Waals surface area contributed by atoms with Gasteiger partial charge in [-0.15, -0.1) is 0 Å². The lowest BCUT2D eigenvalue weighted by Crippen LogP contribution is -2.45. The SMILES string of the molecule is COC(=O)[C@H](C(C)C)N1Cc2ccc(-c3ccc(C(=O)Nc4ccc(-c5ccccc5)cc4)cc3OC)cc2C1=O. The highest BCUT2D eigenvalue weighted by Crippen LogP contribution is 2.36. The lowest BCUT2D eigenvalue weighted by Gasteiger charge is -2.28. The highest BCUT2D eigenvalue weighted by molar-refractivity contribution is 6.05. The number of benzene rings is 4. The van der Waals surface area contributed by atoms with E-state index < -0.39 is 12.0 Å². The quantitative estimate of drug-likeness (QED) is 0.256. The van der Waals surface area contributed by atoms with E-state index in [2.05, 4.69) is 5.32 Å². The van der Waals surface area contributed by atoms with E-state index in [1.165, 1.54) is 7.11 Å². The fraction of sp³-hybridized carbons (Fsp3) is 0.206. The molecule has 1 aliphatic rings. The zero-order valence-electron chi connectivity index (χ0n) is 23.5. The smallest absolute Gasteiger partial charge is 0.328 e. The van der Waals surface area contributed by atoms with E-state index in [-0.39, 0.29) is 17.7 Å². The molecule has 0 fully saturated rings. The topological polar surface area (TPSA) is 84.9 Å². The summed E-state index contributed by atoms with van der Waals surface area (Å²) in [6, 6.07) is 28.0. The number of nitrogens with zero attached hydrogens (tertiary/aromatic N) is 1. The number of fused-ring (bicyclic) bond motifs is 1. The van der Waals surface area contributed by atoms with Crippen molar-refractivity contribution in [3.8, 4) is 28.0 Å². The van der Waals surface area contributed by atoms with Crippen molar-refractivity contribution in [1.29, 1.82) is 0 Å². The Labute approximate surface area is 239 Å². The van der Waals surface area contributed by atoms with Gasteiger partial charge in [-0.05, 0) is 64.6 Å². The summed E-state index contributed by atoms with van der Waals surface area (Å²) >= 11 is 0. The van der Waals surface area contributed by atoms with Crippen LogP contribution >= 0.6 is 0 Å². The molecule has 1 atom stereocenters. The molecular formula is C34H32N2O5. The van der Waals surface area contributed by atoms with Gasteiger partial charge < -0.3 is 19.7 Å². The van der Waals surface area contributed by atoms with Gasteiger partial charge in [0.05, 0.1) is 14.2 Å². The van der Waals surface area contributed by atoms with Crippen molar-refractivity contribution >= 4 is 23.5 Å². The predicted octanol–water partition coefficient (Wildman–Crippen LogP) is 6.43. The first kappa shape index (κ1) is 27.6. The Balaban J connectivity index is 1.35. The van der Waals surface area contributed by atoms with E-state index in [1.807, 2.05) is 92.7 Å². The Hall–Kier alpha value is -4.91. The van der Waals surface area contributed by atoms with Crippen molar-refractivity contribution in [2.75, 3.05) is 19.5 Å². The number of anilines is 1. The molecule has 0 radical (unpaired) electrons. The summed E-state index contributed by atoms with van der Waals surface area (Å²) in [5.41, 5.74) is 6.22. The van der Waals surface area contributed by atoms with Crippen LogP contribution in [0.5, 0.6) is 5.75 Å². The average molecular weight is 549 g/mol. The van der Waals surface area contributed by atoms with Crippen molar-refractivity contribution < 1.29 is 23.9 Å². The maximum atomic E-state index is 13.4. The minimum Gasteiger partial charge on any atom is -0.496 e. The third-order valence-corrected chi connectivity index (χ3v) is 7.38. The van der Waals surface area contributed by atoms with E-state index in [9.17, 15) is 14.4 Å². The van der Waals surface area contributed by atoms with E-state index in [0.717, 1.165) is 27.8 Å². The van der Waals surface area contributed by atoms with Crippen LogP contribution in [-0.2, 0) is 16.1 Å². The highest BCUT2D eigenvalue weighted by Gasteiger charge is 2.38. The Morgan fingerprint density at radius 1 is 0.805 bits per heavy atom. The van der Waals surface area contributed by atoms with Gasteiger partial charge in [0.1, 0.15) is 11.8 Å².